The Bertz CT molecular complexity index is 539. The predicted octanol–water partition coefficient (Wildman–Crippen LogP) is 0.979. The molecule has 1 rings (SSSR count). The number of carboxylic acid groups (broad SMARTS) is 1. The predicted molar refractivity (Wildman–Crippen MR) is 73.7 cm³/mol. The molecule has 0 spiro atoms. The number of nitrogens with one attached hydrogen (secondary N) is 1. The van der Waals surface area contributed by atoms with Crippen LogP contribution in [-0.2, 0) is 21.9 Å². The molecular weight excluding hydrogens is 282 g/mol. The topological polar surface area (TPSA) is 101 Å². The summed E-state index contributed by atoms with van der Waals surface area (Å²) >= 11 is 0. The second-order valence-corrected chi connectivity index (χ2v) is 6.51. The fourth-order valence-electron chi connectivity index (χ4n) is 1.90. The van der Waals surface area contributed by atoms with Crippen LogP contribution < -0.4 is 4.72 Å². The van der Waals surface area contributed by atoms with Gasteiger partial charge in [0.2, 0.25) is 10.0 Å². The van der Waals surface area contributed by atoms with E-state index in [0.717, 1.165) is 6.42 Å². The highest BCUT2D eigenvalue weighted by atomic mass is 32.2. The maximum Gasteiger partial charge on any atom is 0.303 e. The highest BCUT2D eigenvalue weighted by Gasteiger charge is 2.16. The molecule has 2 N–H and O–H groups in total. The average Bonchev–Trinajstić information content (AvgIpc) is 2.80. The third-order valence-electron chi connectivity index (χ3n) is 3.18. The Kier molecular flexibility index (Phi) is 6.15. The molecule has 114 valence electrons. The van der Waals surface area contributed by atoms with E-state index in [-0.39, 0.29) is 17.2 Å². The van der Waals surface area contributed by atoms with E-state index in [1.807, 2.05) is 6.92 Å². The van der Waals surface area contributed by atoms with E-state index in [1.54, 1.807) is 7.05 Å². The normalized spacial score (nSPS) is 13.3. The highest BCUT2D eigenvalue weighted by Crippen LogP contribution is 2.15. The molecule has 1 aromatic heterocycles. The first kappa shape index (κ1) is 16.6. The van der Waals surface area contributed by atoms with E-state index in [0.29, 0.717) is 19.4 Å². The van der Waals surface area contributed by atoms with Crippen LogP contribution in [0.3, 0.4) is 0 Å². The van der Waals surface area contributed by atoms with Gasteiger partial charge in [-0.05, 0) is 18.8 Å². The number of nitrogens with zero attached hydrogens (tertiary/aromatic N) is 2. The van der Waals surface area contributed by atoms with Crippen LogP contribution in [-0.4, -0.2) is 35.8 Å². The quantitative estimate of drug-likeness (QED) is 0.708. The number of carboxylic acids is 1. The van der Waals surface area contributed by atoms with Gasteiger partial charge in [-0.1, -0.05) is 13.3 Å². The Hall–Kier alpha value is -1.41. The summed E-state index contributed by atoms with van der Waals surface area (Å²) < 4.78 is 27.8. The van der Waals surface area contributed by atoms with E-state index in [1.165, 1.54) is 17.1 Å². The van der Waals surface area contributed by atoms with Crippen molar-refractivity contribution >= 4 is 16.0 Å². The van der Waals surface area contributed by atoms with Gasteiger partial charge in [-0.3, -0.25) is 9.48 Å². The van der Waals surface area contributed by atoms with Gasteiger partial charge in [-0.25, -0.2) is 13.1 Å². The number of aliphatic carboxylic acids is 1. The first-order chi connectivity index (χ1) is 9.35. The van der Waals surface area contributed by atoms with Crippen molar-refractivity contribution < 1.29 is 18.3 Å². The molecule has 0 bridgehead atoms. The molecule has 20 heavy (non-hydrogen) atoms. The fraction of sp³-hybridized carbons (Fsp3) is 0.667. The third-order valence-corrected chi connectivity index (χ3v) is 4.60. The molecule has 0 aromatic carbocycles. The van der Waals surface area contributed by atoms with Crippen LogP contribution in [0.15, 0.2) is 17.3 Å². The molecule has 0 saturated carbocycles. The summed E-state index contributed by atoms with van der Waals surface area (Å²) in [7, 11) is -1.87. The molecule has 0 fully saturated rings. The number of sulfonamides is 1. The summed E-state index contributed by atoms with van der Waals surface area (Å²) in [5.74, 6) is -0.609. The molecule has 0 aliphatic heterocycles. The van der Waals surface area contributed by atoms with Crippen LogP contribution in [0.5, 0.6) is 0 Å². The summed E-state index contributed by atoms with van der Waals surface area (Å²) in [5, 5.41) is 12.5. The van der Waals surface area contributed by atoms with E-state index >= 15 is 0 Å². The van der Waals surface area contributed by atoms with Gasteiger partial charge in [0.25, 0.3) is 0 Å². The van der Waals surface area contributed by atoms with Crippen LogP contribution in [0.4, 0.5) is 0 Å². The van der Waals surface area contributed by atoms with Crippen molar-refractivity contribution in [3.05, 3.63) is 12.4 Å². The van der Waals surface area contributed by atoms with Gasteiger partial charge >= 0.3 is 5.97 Å². The van der Waals surface area contributed by atoms with Gasteiger partial charge in [0, 0.05) is 26.2 Å². The molecule has 0 saturated heterocycles. The lowest BCUT2D eigenvalue weighted by atomic mass is 9.97. The van der Waals surface area contributed by atoms with Crippen LogP contribution in [0.1, 0.15) is 32.6 Å². The molecule has 0 aliphatic rings. The van der Waals surface area contributed by atoms with Crippen molar-refractivity contribution in [2.24, 2.45) is 13.0 Å². The summed E-state index contributed by atoms with van der Waals surface area (Å²) in [5.41, 5.74) is 0. The zero-order chi connectivity index (χ0) is 15.2. The molecule has 0 radical (unpaired) electrons. The fourth-order valence-corrected chi connectivity index (χ4v) is 2.93. The molecule has 1 aromatic rings. The first-order valence-electron chi connectivity index (χ1n) is 6.55. The second kappa shape index (κ2) is 7.39. The van der Waals surface area contributed by atoms with Gasteiger partial charge in [0.05, 0.1) is 6.20 Å². The van der Waals surface area contributed by atoms with Crippen molar-refractivity contribution in [2.75, 3.05) is 6.54 Å². The smallest absolute Gasteiger partial charge is 0.303 e. The van der Waals surface area contributed by atoms with Crippen molar-refractivity contribution in [2.45, 2.75) is 37.5 Å². The Morgan fingerprint density at radius 2 is 2.20 bits per heavy atom. The minimum absolute atomic E-state index is 0.119. The van der Waals surface area contributed by atoms with Crippen LogP contribution in [0.2, 0.25) is 0 Å². The van der Waals surface area contributed by atoms with E-state index < -0.39 is 16.0 Å². The molecule has 7 nitrogen and oxygen atoms in total. The van der Waals surface area contributed by atoms with Gasteiger partial charge in [-0.15, -0.1) is 0 Å². The highest BCUT2D eigenvalue weighted by molar-refractivity contribution is 7.89. The second-order valence-electron chi connectivity index (χ2n) is 4.74. The lowest BCUT2D eigenvalue weighted by Gasteiger charge is -2.13. The minimum atomic E-state index is -3.52. The van der Waals surface area contributed by atoms with Crippen LogP contribution in [0.25, 0.3) is 0 Å². The van der Waals surface area contributed by atoms with Gasteiger partial charge < -0.3 is 5.11 Å². The molecule has 0 amide bonds. The monoisotopic (exact) mass is 303 g/mol. The van der Waals surface area contributed by atoms with Gasteiger partial charge in [0.1, 0.15) is 4.90 Å². The summed E-state index contributed by atoms with van der Waals surface area (Å²) in [6, 6.07) is 0. The van der Waals surface area contributed by atoms with E-state index in [9.17, 15) is 13.2 Å². The van der Waals surface area contributed by atoms with Crippen molar-refractivity contribution in [1.29, 1.82) is 0 Å². The van der Waals surface area contributed by atoms with Crippen molar-refractivity contribution in [1.82, 2.24) is 14.5 Å². The summed E-state index contributed by atoms with van der Waals surface area (Å²) in [6.45, 7) is 2.28. The van der Waals surface area contributed by atoms with Crippen LogP contribution >= 0.6 is 0 Å². The Morgan fingerprint density at radius 3 is 2.70 bits per heavy atom. The molecule has 0 aliphatic carbocycles. The van der Waals surface area contributed by atoms with Gasteiger partial charge in [0.15, 0.2) is 0 Å². The standard InChI is InChI=1S/C12H21N3O4S/c1-3-10(4-5-12(16)17)6-7-14-20(18,19)11-8-13-15(2)9-11/h8-10,14H,3-7H2,1-2H3,(H,16,17). The number of carbonyl (C=O) groups is 1. The number of rotatable bonds is 9. The Labute approximate surface area is 119 Å². The average molecular weight is 303 g/mol. The first-order valence-corrected chi connectivity index (χ1v) is 8.03. The van der Waals surface area contributed by atoms with Crippen molar-refractivity contribution in [3.8, 4) is 0 Å². The summed E-state index contributed by atoms with van der Waals surface area (Å²) in [6.07, 6.45) is 4.88. The largest absolute Gasteiger partial charge is 0.481 e. The molecule has 8 heteroatoms. The van der Waals surface area contributed by atoms with E-state index in [2.05, 4.69) is 9.82 Å². The molecule has 1 unspecified atom stereocenters. The maximum atomic E-state index is 11.9. The molecule has 1 heterocycles. The SMILES string of the molecule is CCC(CCNS(=O)(=O)c1cnn(C)c1)CCC(=O)O. The Morgan fingerprint density at radius 1 is 1.50 bits per heavy atom. The zero-order valence-corrected chi connectivity index (χ0v) is 12.6. The number of hydrogen-bond acceptors (Lipinski definition) is 4. The summed E-state index contributed by atoms with van der Waals surface area (Å²) in [4.78, 5) is 10.7. The number of aromatic nitrogens is 2. The van der Waals surface area contributed by atoms with Crippen molar-refractivity contribution in [3.63, 3.8) is 0 Å². The van der Waals surface area contributed by atoms with Gasteiger partial charge in [-0.2, -0.15) is 5.10 Å². The maximum absolute atomic E-state index is 11.9. The molecular formula is C12H21N3O4S. The third kappa shape index (κ3) is 5.30. The lowest BCUT2D eigenvalue weighted by molar-refractivity contribution is -0.137. The zero-order valence-electron chi connectivity index (χ0n) is 11.7. The van der Waals surface area contributed by atoms with Crippen LogP contribution in [0, 0.1) is 5.92 Å². The lowest BCUT2D eigenvalue weighted by Crippen LogP contribution is -2.26. The Balaban J connectivity index is 2.44. The molecule has 1 atom stereocenters. The van der Waals surface area contributed by atoms with E-state index in [4.69, 9.17) is 5.11 Å². The minimum Gasteiger partial charge on any atom is -0.481 e. The number of hydrogen-bond donors (Lipinski definition) is 2. The number of aryl methyl sites for hydroxylation is 1.